The lowest BCUT2D eigenvalue weighted by molar-refractivity contribution is -0.125. The Kier molecular flexibility index (Phi) is 4.32. The van der Waals surface area contributed by atoms with E-state index in [2.05, 4.69) is 10.3 Å². The molecule has 0 bridgehead atoms. The third-order valence-corrected chi connectivity index (χ3v) is 5.72. The molecule has 3 aromatic rings. The lowest BCUT2D eigenvalue weighted by atomic mass is 10.1. The van der Waals surface area contributed by atoms with Gasteiger partial charge >= 0.3 is 0 Å². The first kappa shape index (κ1) is 18.4. The Bertz CT molecular complexity index is 1180. The first-order chi connectivity index (χ1) is 14.5. The number of likely N-dealkylation sites (N-methyl/N-ethyl adjacent to an activating group) is 1. The van der Waals surface area contributed by atoms with Crippen molar-refractivity contribution in [3.05, 3.63) is 47.3 Å². The third-order valence-electron chi connectivity index (χ3n) is 4.96. The summed E-state index contributed by atoms with van der Waals surface area (Å²) in [4.78, 5) is 30.8. The number of ether oxygens (including phenoxy) is 3. The second-order valence-corrected chi connectivity index (χ2v) is 7.76. The summed E-state index contributed by atoms with van der Waals surface area (Å²) in [6.45, 7) is 1.88. The molecule has 5 rings (SSSR count). The summed E-state index contributed by atoms with van der Waals surface area (Å²) in [5.74, 6) is 1.44. The average molecular weight is 423 g/mol. The van der Waals surface area contributed by atoms with Crippen LogP contribution in [0.5, 0.6) is 17.2 Å². The molecule has 1 atom stereocenters. The summed E-state index contributed by atoms with van der Waals surface area (Å²) >= 11 is 1.32. The number of hydrogen-bond acceptors (Lipinski definition) is 7. The van der Waals surface area contributed by atoms with E-state index in [1.54, 1.807) is 37.1 Å². The van der Waals surface area contributed by atoms with Crippen molar-refractivity contribution in [1.29, 1.82) is 0 Å². The van der Waals surface area contributed by atoms with Crippen LogP contribution in [0.4, 0.5) is 10.8 Å². The van der Waals surface area contributed by atoms with E-state index in [1.807, 2.05) is 23.6 Å². The van der Waals surface area contributed by atoms with Crippen molar-refractivity contribution in [2.75, 3.05) is 24.1 Å². The molecule has 0 saturated carbocycles. The standard InChI is InChI=1S/C21H17N3O5S/c1-11-20(26)24(2)15-7-12(3-5-16(15)29-11)14-9-30-21(22-14)23-19(25)13-4-6-17-18(8-13)28-10-27-17/h3-9,11H,10H2,1-2H3,(H,22,23,25)/t11-/m1/s1. The molecule has 1 aromatic heterocycles. The Morgan fingerprint density at radius 3 is 2.83 bits per heavy atom. The summed E-state index contributed by atoms with van der Waals surface area (Å²) in [5.41, 5.74) is 2.67. The molecule has 0 aliphatic carbocycles. The Hall–Kier alpha value is -3.59. The van der Waals surface area contributed by atoms with Crippen LogP contribution >= 0.6 is 11.3 Å². The molecule has 0 fully saturated rings. The van der Waals surface area contributed by atoms with Crippen molar-refractivity contribution in [1.82, 2.24) is 4.98 Å². The first-order valence-corrected chi connectivity index (χ1v) is 10.1. The summed E-state index contributed by atoms with van der Waals surface area (Å²) in [6.07, 6.45) is -0.509. The first-order valence-electron chi connectivity index (χ1n) is 9.25. The van der Waals surface area contributed by atoms with Crippen molar-refractivity contribution in [2.24, 2.45) is 0 Å². The maximum absolute atomic E-state index is 12.6. The number of nitrogens with one attached hydrogen (secondary N) is 1. The molecule has 0 saturated heterocycles. The largest absolute Gasteiger partial charge is 0.479 e. The van der Waals surface area contributed by atoms with Crippen molar-refractivity contribution in [3.63, 3.8) is 0 Å². The average Bonchev–Trinajstić information content (AvgIpc) is 3.41. The van der Waals surface area contributed by atoms with Gasteiger partial charge in [-0.2, -0.15) is 0 Å². The van der Waals surface area contributed by atoms with Gasteiger partial charge in [0.05, 0.1) is 11.4 Å². The van der Waals surface area contributed by atoms with Gasteiger partial charge in [-0.3, -0.25) is 14.9 Å². The molecule has 2 aromatic carbocycles. The molecule has 2 amide bonds. The molecular formula is C21H17N3O5S. The molecule has 2 aliphatic rings. The Balaban J connectivity index is 1.36. The van der Waals surface area contributed by atoms with Gasteiger partial charge in [-0.05, 0) is 43.3 Å². The zero-order chi connectivity index (χ0) is 20.8. The minimum absolute atomic E-state index is 0.102. The van der Waals surface area contributed by atoms with Crippen molar-refractivity contribution in [3.8, 4) is 28.5 Å². The number of carbonyl (C=O) groups is 2. The molecule has 152 valence electrons. The van der Waals surface area contributed by atoms with Crippen LogP contribution in [0, 0.1) is 0 Å². The van der Waals surface area contributed by atoms with Gasteiger partial charge < -0.3 is 19.1 Å². The van der Waals surface area contributed by atoms with Crippen LogP contribution in [0.25, 0.3) is 11.3 Å². The second-order valence-electron chi connectivity index (χ2n) is 6.90. The molecule has 0 spiro atoms. The van der Waals surface area contributed by atoms with Gasteiger partial charge in [0, 0.05) is 23.6 Å². The fourth-order valence-corrected chi connectivity index (χ4v) is 4.06. The number of rotatable bonds is 3. The van der Waals surface area contributed by atoms with Crippen LogP contribution in [0.2, 0.25) is 0 Å². The van der Waals surface area contributed by atoms with Gasteiger partial charge in [0.1, 0.15) is 5.75 Å². The number of carbonyl (C=O) groups excluding carboxylic acids is 2. The predicted octanol–water partition coefficient (Wildman–Crippen LogP) is 3.53. The van der Waals surface area contributed by atoms with Gasteiger partial charge in [-0.15, -0.1) is 11.3 Å². The normalized spacial score (nSPS) is 16.8. The van der Waals surface area contributed by atoms with Crippen LogP contribution in [0.15, 0.2) is 41.8 Å². The highest BCUT2D eigenvalue weighted by atomic mass is 32.1. The smallest absolute Gasteiger partial charge is 0.267 e. The minimum atomic E-state index is -0.509. The minimum Gasteiger partial charge on any atom is -0.479 e. The highest BCUT2D eigenvalue weighted by Crippen LogP contribution is 2.37. The summed E-state index contributed by atoms with van der Waals surface area (Å²) in [6, 6.07) is 10.6. The maximum Gasteiger partial charge on any atom is 0.267 e. The fourth-order valence-electron chi connectivity index (χ4n) is 3.34. The van der Waals surface area contributed by atoms with E-state index < -0.39 is 6.10 Å². The predicted molar refractivity (Wildman–Crippen MR) is 112 cm³/mol. The van der Waals surface area contributed by atoms with E-state index in [-0.39, 0.29) is 18.6 Å². The fraction of sp³-hybridized carbons (Fsp3) is 0.190. The summed E-state index contributed by atoms with van der Waals surface area (Å²) in [5, 5.41) is 5.13. The van der Waals surface area contributed by atoms with Gasteiger partial charge in [0.2, 0.25) is 6.79 Å². The number of hydrogen-bond donors (Lipinski definition) is 1. The van der Waals surface area contributed by atoms with Crippen LogP contribution in [-0.4, -0.2) is 36.7 Å². The van der Waals surface area contributed by atoms with Crippen LogP contribution in [-0.2, 0) is 4.79 Å². The number of fused-ring (bicyclic) bond motifs is 2. The molecule has 0 unspecified atom stereocenters. The molecule has 2 aliphatic heterocycles. The highest BCUT2D eigenvalue weighted by molar-refractivity contribution is 7.14. The zero-order valence-corrected chi connectivity index (χ0v) is 17.0. The number of thiazole rings is 1. The van der Waals surface area contributed by atoms with Crippen molar-refractivity contribution >= 4 is 34.0 Å². The van der Waals surface area contributed by atoms with Gasteiger partial charge in [-0.1, -0.05) is 0 Å². The lowest BCUT2D eigenvalue weighted by Crippen LogP contribution is -2.41. The molecule has 0 radical (unpaired) electrons. The number of anilines is 2. The van der Waals surface area contributed by atoms with Gasteiger partial charge in [0.25, 0.3) is 11.8 Å². The number of nitrogens with zero attached hydrogens (tertiary/aromatic N) is 2. The van der Waals surface area contributed by atoms with Crippen LogP contribution < -0.4 is 24.4 Å². The van der Waals surface area contributed by atoms with E-state index in [9.17, 15) is 9.59 Å². The SMILES string of the molecule is C[C@H]1Oc2ccc(-c3csc(NC(=O)c4ccc5c(c4)OCO5)n3)cc2N(C)C1=O. The Morgan fingerprint density at radius 2 is 1.97 bits per heavy atom. The Labute approximate surface area is 176 Å². The molecule has 8 nitrogen and oxygen atoms in total. The molecule has 1 N–H and O–H groups in total. The van der Waals surface area contributed by atoms with Gasteiger partial charge in [0.15, 0.2) is 22.7 Å². The highest BCUT2D eigenvalue weighted by Gasteiger charge is 2.29. The third kappa shape index (κ3) is 3.13. The van der Waals surface area contributed by atoms with E-state index in [0.717, 1.165) is 5.56 Å². The maximum atomic E-state index is 12.6. The zero-order valence-electron chi connectivity index (χ0n) is 16.2. The molecule has 3 heterocycles. The molecule has 9 heteroatoms. The number of benzene rings is 2. The van der Waals surface area contributed by atoms with E-state index in [1.165, 1.54) is 11.3 Å². The van der Waals surface area contributed by atoms with E-state index in [0.29, 0.717) is 39.3 Å². The molecule has 30 heavy (non-hydrogen) atoms. The van der Waals surface area contributed by atoms with Crippen LogP contribution in [0.3, 0.4) is 0 Å². The number of amides is 2. The summed E-state index contributed by atoms with van der Waals surface area (Å²) < 4.78 is 16.2. The lowest BCUT2D eigenvalue weighted by Gasteiger charge is -2.30. The second kappa shape index (κ2) is 7.03. The molecular weight excluding hydrogens is 406 g/mol. The van der Waals surface area contributed by atoms with E-state index >= 15 is 0 Å². The van der Waals surface area contributed by atoms with Crippen molar-refractivity contribution in [2.45, 2.75) is 13.0 Å². The quantitative estimate of drug-likeness (QED) is 0.693. The Morgan fingerprint density at radius 1 is 1.17 bits per heavy atom. The topological polar surface area (TPSA) is 90.0 Å². The van der Waals surface area contributed by atoms with E-state index in [4.69, 9.17) is 14.2 Å². The van der Waals surface area contributed by atoms with Crippen molar-refractivity contribution < 1.29 is 23.8 Å². The summed E-state index contributed by atoms with van der Waals surface area (Å²) in [7, 11) is 1.72. The van der Waals surface area contributed by atoms with Gasteiger partial charge in [-0.25, -0.2) is 4.98 Å². The monoisotopic (exact) mass is 423 g/mol. The number of aromatic nitrogens is 1. The van der Waals surface area contributed by atoms with Crippen LogP contribution in [0.1, 0.15) is 17.3 Å².